The lowest BCUT2D eigenvalue weighted by Gasteiger charge is -2.18. The SMILES string of the molecule is CC(C)[C@@H](NC(=O)c1c(O)c2ccccc2n(C)c1=O)C(=O)O. The predicted molar refractivity (Wildman–Crippen MR) is 84.6 cm³/mol. The van der Waals surface area contributed by atoms with Crippen LogP contribution in [-0.2, 0) is 11.8 Å². The standard InChI is InChI=1S/C16H18N2O5/c1-8(2)12(16(22)23)17-14(20)11-13(19)9-6-4-5-7-10(9)18(3)15(11)21/h4-8,12,19H,1-3H3,(H,17,20)(H,22,23)/t12-/m1/s1. The number of carbonyl (C=O) groups is 2. The number of rotatable bonds is 4. The van der Waals surface area contributed by atoms with Crippen LogP contribution in [0.5, 0.6) is 5.75 Å². The molecule has 122 valence electrons. The second-order valence-electron chi connectivity index (χ2n) is 5.64. The van der Waals surface area contributed by atoms with Crippen LogP contribution in [0.3, 0.4) is 0 Å². The number of hydrogen-bond donors (Lipinski definition) is 3. The molecule has 0 aliphatic heterocycles. The quantitative estimate of drug-likeness (QED) is 0.782. The highest BCUT2D eigenvalue weighted by atomic mass is 16.4. The topological polar surface area (TPSA) is 109 Å². The first kappa shape index (κ1) is 16.5. The summed E-state index contributed by atoms with van der Waals surface area (Å²) in [6.07, 6.45) is 0. The van der Waals surface area contributed by atoms with Crippen molar-refractivity contribution in [1.29, 1.82) is 0 Å². The number of carbonyl (C=O) groups excluding carboxylic acids is 1. The molecule has 1 atom stereocenters. The van der Waals surface area contributed by atoms with E-state index in [0.717, 1.165) is 0 Å². The number of fused-ring (bicyclic) bond motifs is 1. The van der Waals surface area contributed by atoms with Gasteiger partial charge in [0.25, 0.3) is 11.5 Å². The molecule has 1 aromatic heterocycles. The largest absolute Gasteiger partial charge is 0.506 e. The Morgan fingerprint density at radius 3 is 2.39 bits per heavy atom. The van der Waals surface area contributed by atoms with Gasteiger partial charge in [-0.3, -0.25) is 9.59 Å². The van der Waals surface area contributed by atoms with Crippen molar-refractivity contribution in [2.75, 3.05) is 0 Å². The third kappa shape index (κ3) is 2.90. The summed E-state index contributed by atoms with van der Waals surface area (Å²) in [5.74, 6) is -2.93. The number of nitrogens with zero attached hydrogens (tertiary/aromatic N) is 1. The van der Waals surface area contributed by atoms with Crippen LogP contribution in [0.4, 0.5) is 0 Å². The molecule has 2 aromatic rings. The fraction of sp³-hybridized carbons (Fsp3) is 0.312. The summed E-state index contributed by atoms with van der Waals surface area (Å²) in [7, 11) is 1.48. The average molecular weight is 318 g/mol. The monoisotopic (exact) mass is 318 g/mol. The molecule has 3 N–H and O–H groups in total. The highest BCUT2D eigenvalue weighted by Crippen LogP contribution is 2.25. The number of carboxylic acid groups (broad SMARTS) is 1. The molecule has 0 fully saturated rings. The number of aromatic nitrogens is 1. The summed E-state index contributed by atoms with van der Waals surface area (Å²) in [4.78, 5) is 35.9. The van der Waals surface area contributed by atoms with E-state index in [9.17, 15) is 19.5 Å². The Morgan fingerprint density at radius 2 is 1.83 bits per heavy atom. The summed E-state index contributed by atoms with van der Waals surface area (Å²) < 4.78 is 1.25. The van der Waals surface area contributed by atoms with Crippen LogP contribution in [0, 0.1) is 5.92 Å². The van der Waals surface area contributed by atoms with Gasteiger partial charge in [0.05, 0.1) is 5.52 Å². The Morgan fingerprint density at radius 1 is 1.22 bits per heavy atom. The van der Waals surface area contributed by atoms with Crippen molar-refractivity contribution in [2.24, 2.45) is 13.0 Å². The van der Waals surface area contributed by atoms with Crippen LogP contribution in [-0.4, -0.2) is 32.7 Å². The van der Waals surface area contributed by atoms with Crippen molar-refractivity contribution in [2.45, 2.75) is 19.9 Å². The van der Waals surface area contributed by atoms with E-state index < -0.39 is 34.8 Å². The molecule has 0 aliphatic rings. The lowest BCUT2D eigenvalue weighted by molar-refractivity contribution is -0.140. The molecule has 1 amide bonds. The molecule has 0 radical (unpaired) electrons. The van der Waals surface area contributed by atoms with E-state index >= 15 is 0 Å². The van der Waals surface area contributed by atoms with Crippen LogP contribution in [0.2, 0.25) is 0 Å². The zero-order valence-corrected chi connectivity index (χ0v) is 13.0. The molecule has 0 spiro atoms. The molecule has 0 aliphatic carbocycles. The molecule has 0 saturated heterocycles. The van der Waals surface area contributed by atoms with Gasteiger partial charge in [0.15, 0.2) is 0 Å². The Kier molecular flexibility index (Phi) is 4.40. The summed E-state index contributed by atoms with van der Waals surface area (Å²) in [5.41, 5.74) is -0.671. The van der Waals surface area contributed by atoms with Crippen molar-refractivity contribution >= 4 is 22.8 Å². The van der Waals surface area contributed by atoms with Crippen molar-refractivity contribution in [3.8, 4) is 5.75 Å². The van der Waals surface area contributed by atoms with Gasteiger partial charge in [-0.1, -0.05) is 26.0 Å². The number of benzene rings is 1. The molecular weight excluding hydrogens is 300 g/mol. The fourth-order valence-electron chi connectivity index (χ4n) is 2.41. The van der Waals surface area contributed by atoms with Gasteiger partial charge >= 0.3 is 5.97 Å². The number of aromatic hydroxyl groups is 1. The van der Waals surface area contributed by atoms with E-state index in [1.54, 1.807) is 38.1 Å². The number of pyridine rings is 1. The Hall–Kier alpha value is -2.83. The van der Waals surface area contributed by atoms with Gasteiger partial charge in [0, 0.05) is 12.4 Å². The van der Waals surface area contributed by atoms with Gasteiger partial charge in [0.1, 0.15) is 17.4 Å². The molecule has 2 rings (SSSR count). The zero-order valence-electron chi connectivity index (χ0n) is 13.0. The van der Waals surface area contributed by atoms with Gasteiger partial charge in [0.2, 0.25) is 0 Å². The number of aryl methyl sites for hydroxylation is 1. The number of hydrogen-bond acceptors (Lipinski definition) is 4. The van der Waals surface area contributed by atoms with Crippen molar-refractivity contribution in [1.82, 2.24) is 9.88 Å². The Balaban J connectivity index is 2.57. The number of carboxylic acids is 1. The van der Waals surface area contributed by atoms with Crippen molar-refractivity contribution < 1.29 is 19.8 Å². The summed E-state index contributed by atoms with van der Waals surface area (Å²) in [6.45, 7) is 3.27. The van der Waals surface area contributed by atoms with E-state index in [1.807, 2.05) is 0 Å². The molecule has 0 saturated carbocycles. The zero-order chi connectivity index (χ0) is 17.3. The number of para-hydroxylation sites is 1. The van der Waals surface area contributed by atoms with Crippen LogP contribution in [0.1, 0.15) is 24.2 Å². The lowest BCUT2D eigenvalue weighted by atomic mass is 10.0. The molecular formula is C16H18N2O5. The predicted octanol–water partition coefficient (Wildman–Crippen LogP) is 1.08. The summed E-state index contributed by atoms with van der Waals surface area (Å²) in [5, 5.41) is 22.1. The lowest BCUT2D eigenvalue weighted by Crippen LogP contribution is -2.46. The maximum atomic E-state index is 12.4. The van der Waals surface area contributed by atoms with Gasteiger partial charge in [-0.05, 0) is 18.1 Å². The van der Waals surface area contributed by atoms with Gasteiger partial charge < -0.3 is 20.1 Å². The highest BCUT2D eigenvalue weighted by Gasteiger charge is 2.28. The first-order chi connectivity index (χ1) is 10.8. The summed E-state index contributed by atoms with van der Waals surface area (Å²) in [6, 6.07) is 5.45. The van der Waals surface area contributed by atoms with Crippen LogP contribution in [0.15, 0.2) is 29.1 Å². The smallest absolute Gasteiger partial charge is 0.326 e. The van der Waals surface area contributed by atoms with Crippen LogP contribution < -0.4 is 10.9 Å². The van der Waals surface area contributed by atoms with Crippen molar-refractivity contribution in [3.63, 3.8) is 0 Å². The van der Waals surface area contributed by atoms with E-state index in [1.165, 1.54) is 11.6 Å². The van der Waals surface area contributed by atoms with Gasteiger partial charge in [-0.15, -0.1) is 0 Å². The minimum Gasteiger partial charge on any atom is -0.506 e. The molecule has 1 aromatic carbocycles. The number of nitrogens with one attached hydrogen (secondary N) is 1. The molecule has 7 nitrogen and oxygen atoms in total. The molecule has 23 heavy (non-hydrogen) atoms. The first-order valence-electron chi connectivity index (χ1n) is 7.10. The minimum atomic E-state index is -1.20. The van der Waals surface area contributed by atoms with E-state index in [-0.39, 0.29) is 5.92 Å². The molecule has 7 heteroatoms. The molecule has 1 heterocycles. The highest BCUT2D eigenvalue weighted by molar-refractivity contribution is 6.03. The minimum absolute atomic E-state index is 0.344. The average Bonchev–Trinajstić information content (AvgIpc) is 2.50. The fourth-order valence-corrected chi connectivity index (χ4v) is 2.41. The maximum Gasteiger partial charge on any atom is 0.326 e. The molecule has 0 bridgehead atoms. The summed E-state index contributed by atoms with van der Waals surface area (Å²) >= 11 is 0. The second kappa shape index (κ2) is 6.12. The van der Waals surface area contributed by atoms with Gasteiger partial charge in [-0.25, -0.2) is 4.79 Å². The van der Waals surface area contributed by atoms with E-state index in [4.69, 9.17) is 5.11 Å². The third-order valence-corrected chi connectivity index (χ3v) is 3.72. The maximum absolute atomic E-state index is 12.4. The van der Waals surface area contributed by atoms with Crippen LogP contribution >= 0.6 is 0 Å². The van der Waals surface area contributed by atoms with Crippen molar-refractivity contribution in [3.05, 3.63) is 40.2 Å². The second-order valence-corrected chi connectivity index (χ2v) is 5.64. The van der Waals surface area contributed by atoms with Gasteiger partial charge in [-0.2, -0.15) is 0 Å². The first-order valence-corrected chi connectivity index (χ1v) is 7.10. The van der Waals surface area contributed by atoms with E-state index in [2.05, 4.69) is 5.32 Å². The Bertz CT molecular complexity index is 838. The third-order valence-electron chi connectivity index (χ3n) is 3.72. The van der Waals surface area contributed by atoms with Crippen LogP contribution in [0.25, 0.3) is 10.9 Å². The number of aliphatic carboxylic acids is 1. The molecule has 0 unspecified atom stereocenters. The normalized spacial score (nSPS) is 12.3. The van der Waals surface area contributed by atoms with E-state index in [0.29, 0.717) is 10.9 Å². The number of amides is 1. The Labute approximate surface area is 132 Å².